The molecule has 4 nitrogen and oxygen atoms in total. The molecule has 0 amide bonds. The molecule has 1 N–H and O–H groups in total. The van der Waals surface area contributed by atoms with Gasteiger partial charge in [-0.05, 0) is 40.5 Å². The van der Waals surface area contributed by atoms with Crippen LogP contribution in [0.5, 0.6) is 0 Å². The molecule has 0 bridgehead atoms. The number of hydrogen-bond donors (Lipinski definition) is 1. The van der Waals surface area contributed by atoms with Crippen molar-refractivity contribution in [2.45, 2.75) is 51.6 Å². The Morgan fingerprint density at radius 1 is 1.27 bits per heavy atom. The van der Waals surface area contributed by atoms with Crippen molar-refractivity contribution in [3.8, 4) is 0 Å². The van der Waals surface area contributed by atoms with Crippen LogP contribution in [0.1, 0.15) is 40.5 Å². The maximum absolute atomic E-state index is 11.4. The van der Waals surface area contributed by atoms with Crippen LogP contribution in [0, 0.1) is 5.92 Å². The third-order valence-electron chi connectivity index (χ3n) is 3.16. The number of Topliss-reactive ketones (excluding diaryl/α,β-unsaturated/α-hetero) is 1. The summed E-state index contributed by atoms with van der Waals surface area (Å²) in [6.07, 6.45) is 1.43. The molecule has 0 aromatic heterocycles. The molecule has 0 aromatic carbocycles. The minimum absolute atomic E-state index is 0.268. The Hall–Kier alpha value is -0.740. The fraction of sp³-hybridized carbons (Fsp3) is 0.818. The summed E-state index contributed by atoms with van der Waals surface area (Å²) in [6, 6.07) is 0. The van der Waals surface area contributed by atoms with Gasteiger partial charge in [-0.15, -0.1) is 0 Å². The first-order valence-corrected chi connectivity index (χ1v) is 5.19. The summed E-state index contributed by atoms with van der Waals surface area (Å²) in [5.41, 5.74) is -0.934. The van der Waals surface area contributed by atoms with Gasteiger partial charge >= 0.3 is 0 Å². The molecule has 0 spiro atoms. The Labute approximate surface area is 90.2 Å². The highest BCUT2D eigenvalue weighted by Gasteiger charge is 2.46. The first kappa shape index (κ1) is 12.3. The van der Waals surface area contributed by atoms with E-state index < -0.39 is 11.1 Å². The number of hydrogen-bond acceptors (Lipinski definition) is 4. The summed E-state index contributed by atoms with van der Waals surface area (Å²) in [4.78, 5) is 21.9. The van der Waals surface area contributed by atoms with Gasteiger partial charge in [0.15, 0.2) is 12.1 Å². The highest BCUT2D eigenvalue weighted by atomic mass is 16.5. The standard InChI is InChI=1S/C11H19NO3/c1-10(2)5-8(9(14)7-13)6-11(3,4)12(10)15/h7-8,15H,5-6H2,1-4H3. The topological polar surface area (TPSA) is 57.6 Å². The molecule has 0 aliphatic carbocycles. The zero-order chi connectivity index (χ0) is 11.9. The van der Waals surface area contributed by atoms with Crippen LogP contribution in [0.15, 0.2) is 0 Å². The molecule has 1 heterocycles. The predicted molar refractivity (Wildman–Crippen MR) is 55.6 cm³/mol. The average Bonchev–Trinajstić information content (AvgIpc) is 2.11. The van der Waals surface area contributed by atoms with Gasteiger partial charge in [-0.2, -0.15) is 5.06 Å². The van der Waals surface area contributed by atoms with Crippen LogP contribution in [-0.2, 0) is 9.59 Å². The molecule has 0 aromatic rings. The van der Waals surface area contributed by atoms with Crippen LogP contribution in [0.4, 0.5) is 0 Å². The smallest absolute Gasteiger partial charge is 0.198 e. The van der Waals surface area contributed by atoms with Crippen molar-refractivity contribution in [3.63, 3.8) is 0 Å². The van der Waals surface area contributed by atoms with Gasteiger partial charge < -0.3 is 5.21 Å². The van der Waals surface area contributed by atoms with Crippen molar-refractivity contribution in [3.05, 3.63) is 0 Å². The largest absolute Gasteiger partial charge is 0.313 e. The second-order valence-electron chi connectivity index (χ2n) is 5.56. The molecule has 0 atom stereocenters. The van der Waals surface area contributed by atoms with E-state index in [1.165, 1.54) is 5.06 Å². The molecule has 86 valence electrons. The zero-order valence-electron chi connectivity index (χ0n) is 9.78. The number of carbonyl (C=O) groups excluding carboxylic acids is 2. The molecule has 1 saturated heterocycles. The number of carbonyl (C=O) groups is 2. The van der Waals surface area contributed by atoms with Crippen LogP contribution in [-0.4, -0.2) is 33.4 Å². The van der Waals surface area contributed by atoms with Crippen molar-refractivity contribution in [1.82, 2.24) is 5.06 Å². The lowest BCUT2D eigenvalue weighted by molar-refractivity contribution is -0.249. The Morgan fingerprint density at radius 2 is 1.67 bits per heavy atom. The van der Waals surface area contributed by atoms with Crippen LogP contribution in [0.3, 0.4) is 0 Å². The highest BCUT2D eigenvalue weighted by molar-refractivity contribution is 6.26. The van der Waals surface area contributed by atoms with Crippen LogP contribution >= 0.6 is 0 Å². The number of ketones is 1. The monoisotopic (exact) mass is 213 g/mol. The maximum Gasteiger partial charge on any atom is 0.198 e. The molecule has 15 heavy (non-hydrogen) atoms. The van der Waals surface area contributed by atoms with Gasteiger partial charge in [0, 0.05) is 17.0 Å². The van der Waals surface area contributed by atoms with Gasteiger partial charge in [-0.1, -0.05) is 0 Å². The summed E-state index contributed by atoms with van der Waals surface area (Å²) in [7, 11) is 0. The summed E-state index contributed by atoms with van der Waals surface area (Å²) in [5, 5.41) is 11.3. The van der Waals surface area contributed by atoms with Crippen molar-refractivity contribution in [2.24, 2.45) is 5.92 Å². The molecule has 1 aliphatic rings. The SMILES string of the molecule is CC1(C)CC(C(=O)C=O)CC(C)(C)N1O. The van der Waals surface area contributed by atoms with E-state index in [1.54, 1.807) is 0 Å². The molecule has 0 unspecified atom stereocenters. The van der Waals surface area contributed by atoms with Gasteiger partial charge in [-0.3, -0.25) is 9.59 Å². The fourth-order valence-corrected chi connectivity index (χ4v) is 2.57. The molecular weight excluding hydrogens is 194 g/mol. The molecule has 1 rings (SSSR count). The van der Waals surface area contributed by atoms with Gasteiger partial charge in [0.25, 0.3) is 0 Å². The summed E-state index contributed by atoms with van der Waals surface area (Å²) < 4.78 is 0. The number of rotatable bonds is 2. The van der Waals surface area contributed by atoms with Crippen molar-refractivity contribution in [2.75, 3.05) is 0 Å². The average molecular weight is 213 g/mol. The Balaban J connectivity index is 2.93. The number of aldehydes is 1. The Morgan fingerprint density at radius 3 is 2.00 bits per heavy atom. The molecule has 0 radical (unpaired) electrons. The van der Waals surface area contributed by atoms with Crippen LogP contribution in [0.25, 0.3) is 0 Å². The molecule has 0 saturated carbocycles. The van der Waals surface area contributed by atoms with Gasteiger partial charge in [0.2, 0.25) is 0 Å². The maximum atomic E-state index is 11.4. The van der Waals surface area contributed by atoms with Crippen LogP contribution in [0.2, 0.25) is 0 Å². The first-order chi connectivity index (χ1) is 6.70. The summed E-state index contributed by atoms with van der Waals surface area (Å²) in [5.74, 6) is -0.625. The molecule has 4 heteroatoms. The van der Waals surface area contributed by atoms with E-state index in [0.29, 0.717) is 19.1 Å². The number of nitrogens with zero attached hydrogens (tertiary/aromatic N) is 1. The van der Waals surface area contributed by atoms with E-state index in [0.717, 1.165) is 0 Å². The predicted octanol–water partition coefficient (Wildman–Crippen LogP) is 1.41. The molecular formula is C11H19NO3. The zero-order valence-corrected chi connectivity index (χ0v) is 9.78. The molecule has 1 aliphatic heterocycles. The van der Waals surface area contributed by atoms with Gasteiger partial charge in [0.05, 0.1) is 0 Å². The number of hydroxylamine groups is 2. The minimum atomic E-state index is -0.467. The van der Waals surface area contributed by atoms with Crippen LogP contribution < -0.4 is 0 Å². The third-order valence-corrected chi connectivity index (χ3v) is 3.16. The fourth-order valence-electron chi connectivity index (χ4n) is 2.57. The Kier molecular flexibility index (Phi) is 3.03. The first-order valence-electron chi connectivity index (χ1n) is 5.19. The summed E-state index contributed by atoms with van der Waals surface area (Å²) in [6.45, 7) is 7.50. The lowest BCUT2D eigenvalue weighted by Crippen LogP contribution is -2.59. The highest BCUT2D eigenvalue weighted by Crippen LogP contribution is 2.39. The summed E-state index contributed by atoms with van der Waals surface area (Å²) >= 11 is 0. The van der Waals surface area contributed by atoms with E-state index >= 15 is 0 Å². The van der Waals surface area contributed by atoms with Gasteiger partial charge in [0.1, 0.15) is 0 Å². The van der Waals surface area contributed by atoms with E-state index in [-0.39, 0.29) is 11.7 Å². The van der Waals surface area contributed by atoms with E-state index in [9.17, 15) is 14.8 Å². The van der Waals surface area contributed by atoms with Gasteiger partial charge in [-0.25, -0.2) is 0 Å². The van der Waals surface area contributed by atoms with Crippen molar-refractivity contribution < 1.29 is 14.8 Å². The van der Waals surface area contributed by atoms with E-state index in [1.807, 2.05) is 27.7 Å². The minimum Gasteiger partial charge on any atom is -0.313 e. The van der Waals surface area contributed by atoms with Crippen molar-refractivity contribution in [1.29, 1.82) is 0 Å². The van der Waals surface area contributed by atoms with E-state index in [4.69, 9.17) is 0 Å². The normalized spacial score (nSPS) is 26.2. The quantitative estimate of drug-likeness (QED) is 0.556. The lowest BCUT2D eigenvalue weighted by atomic mass is 9.74. The van der Waals surface area contributed by atoms with E-state index in [2.05, 4.69) is 0 Å². The second kappa shape index (κ2) is 3.68. The Bertz CT molecular complexity index is 266. The third kappa shape index (κ3) is 2.26. The van der Waals surface area contributed by atoms with Crippen molar-refractivity contribution >= 4 is 12.1 Å². The lowest BCUT2D eigenvalue weighted by Gasteiger charge is -2.50. The molecule has 1 fully saturated rings. The number of piperidine rings is 1. The second-order valence-corrected chi connectivity index (χ2v) is 5.56.